The summed E-state index contributed by atoms with van der Waals surface area (Å²) >= 11 is 0. The van der Waals surface area contributed by atoms with Gasteiger partial charge in [-0.3, -0.25) is 9.36 Å². The quantitative estimate of drug-likeness (QED) is 0.0272. The molecule has 2 N–H and O–H groups in total. The molecule has 0 spiro atoms. The Morgan fingerprint density at radius 2 is 0.846 bits per heavy atom. The van der Waals surface area contributed by atoms with Gasteiger partial charge in [-0.1, -0.05) is 250 Å². The summed E-state index contributed by atoms with van der Waals surface area (Å²) in [7, 11) is 1.27. The molecule has 386 valence electrons. The molecule has 8 nitrogen and oxygen atoms in total. The van der Waals surface area contributed by atoms with Crippen molar-refractivity contribution in [2.75, 3.05) is 40.9 Å². The van der Waals surface area contributed by atoms with Crippen molar-refractivity contribution in [2.24, 2.45) is 0 Å². The molecule has 0 heterocycles. The third kappa shape index (κ3) is 50.7. The van der Waals surface area contributed by atoms with Crippen molar-refractivity contribution in [3.8, 4) is 0 Å². The number of phosphoric acid groups is 1. The molecule has 0 aromatic rings. The van der Waals surface area contributed by atoms with Crippen molar-refractivity contribution in [1.82, 2.24) is 5.32 Å². The Hall–Kier alpha value is -1.02. The minimum atomic E-state index is -4.59. The molecular weight excluding hydrogens is 828 g/mol. The standard InChI is InChI=1S/C56H111N2O6P/c1-6-8-10-12-14-16-18-20-22-23-24-25-26-27-28-29-30-31-32-33-34-35-36-38-40-42-44-46-48-50-56(60)57-54(53-64-65(61,62)63-52-51-58(3,4)5)55(59)49-47-45-43-41-39-37-21-19-17-15-13-11-9-7-2/h27-28,47,49,54-55,59H,6-26,29-46,48,50-53H2,1-5H3,(H-,57,60,61,62)/b28-27-,49-47+. The molecule has 0 saturated carbocycles. The van der Waals surface area contributed by atoms with E-state index in [9.17, 15) is 19.4 Å². The number of carbonyl (C=O) groups excluding carboxylic acids is 1. The number of amides is 1. The van der Waals surface area contributed by atoms with E-state index in [4.69, 9.17) is 9.05 Å². The van der Waals surface area contributed by atoms with Crippen LogP contribution in [0, 0.1) is 0 Å². The Kier molecular flexibility index (Phi) is 47.3. The van der Waals surface area contributed by atoms with Gasteiger partial charge in [0.05, 0.1) is 39.9 Å². The van der Waals surface area contributed by atoms with Crippen molar-refractivity contribution in [3.05, 3.63) is 24.3 Å². The van der Waals surface area contributed by atoms with Gasteiger partial charge in [0, 0.05) is 6.42 Å². The Labute approximate surface area is 404 Å². The minimum absolute atomic E-state index is 0.000788. The zero-order valence-corrected chi connectivity index (χ0v) is 44.9. The van der Waals surface area contributed by atoms with Gasteiger partial charge in [-0.15, -0.1) is 0 Å². The minimum Gasteiger partial charge on any atom is -0.756 e. The number of phosphoric ester groups is 1. The molecular formula is C56H111N2O6P. The van der Waals surface area contributed by atoms with E-state index >= 15 is 0 Å². The molecule has 0 rings (SSSR count). The third-order valence-corrected chi connectivity index (χ3v) is 13.9. The number of rotatable bonds is 52. The number of likely N-dealkylation sites (N-methyl/N-ethyl adjacent to an activating group) is 1. The van der Waals surface area contributed by atoms with Crippen LogP contribution < -0.4 is 10.2 Å². The van der Waals surface area contributed by atoms with Crippen LogP contribution in [0.4, 0.5) is 0 Å². The lowest BCUT2D eigenvalue weighted by molar-refractivity contribution is -0.870. The summed E-state index contributed by atoms with van der Waals surface area (Å²) < 4.78 is 23.3. The van der Waals surface area contributed by atoms with Crippen LogP contribution in [-0.2, 0) is 18.4 Å². The molecule has 0 aliphatic heterocycles. The Balaban J connectivity index is 4.09. The van der Waals surface area contributed by atoms with Crippen LogP contribution in [0.1, 0.15) is 277 Å². The fraction of sp³-hybridized carbons (Fsp3) is 0.911. The number of nitrogens with one attached hydrogen (secondary N) is 1. The number of nitrogens with zero attached hydrogens (tertiary/aromatic N) is 1. The van der Waals surface area contributed by atoms with E-state index < -0.39 is 20.0 Å². The highest BCUT2D eigenvalue weighted by Gasteiger charge is 2.23. The fourth-order valence-electron chi connectivity index (χ4n) is 8.44. The lowest BCUT2D eigenvalue weighted by Gasteiger charge is -2.29. The van der Waals surface area contributed by atoms with E-state index in [1.54, 1.807) is 6.08 Å². The summed E-state index contributed by atoms with van der Waals surface area (Å²) in [5, 5.41) is 13.8. The van der Waals surface area contributed by atoms with E-state index in [1.807, 2.05) is 27.2 Å². The number of hydrogen-bond acceptors (Lipinski definition) is 6. The second-order valence-electron chi connectivity index (χ2n) is 20.6. The van der Waals surface area contributed by atoms with E-state index in [0.29, 0.717) is 17.4 Å². The first-order valence-electron chi connectivity index (χ1n) is 28.2. The number of carbonyl (C=O) groups is 1. The topological polar surface area (TPSA) is 108 Å². The van der Waals surface area contributed by atoms with Gasteiger partial charge in [0.2, 0.25) is 5.91 Å². The maximum Gasteiger partial charge on any atom is 0.268 e. The van der Waals surface area contributed by atoms with E-state index in [1.165, 1.54) is 218 Å². The molecule has 0 radical (unpaired) electrons. The van der Waals surface area contributed by atoms with Gasteiger partial charge in [-0.25, -0.2) is 0 Å². The van der Waals surface area contributed by atoms with Crippen LogP contribution >= 0.6 is 7.82 Å². The average molecular weight is 939 g/mol. The van der Waals surface area contributed by atoms with Crippen LogP contribution in [0.25, 0.3) is 0 Å². The monoisotopic (exact) mass is 939 g/mol. The summed E-state index contributed by atoms with van der Waals surface area (Å²) in [6, 6.07) is -0.884. The van der Waals surface area contributed by atoms with Crippen molar-refractivity contribution in [1.29, 1.82) is 0 Å². The molecule has 0 aromatic carbocycles. The number of hydrogen-bond donors (Lipinski definition) is 2. The van der Waals surface area contributed by atoms with Crippen LogP contribution in [0.2, 0.25) is 0 Å². The molecule has 65 heavy (non-hydrogen) atoms. The summed E-state index contributed by atoms with van der Waals surface area (Å²) in [5.74, 6) is -0.194. The first-order chi connectivity index (χ1) is 31.5. The van der Waals surface area contributed by atoms with Crippen LogP contribution in [-0.4, -0.2) is 68.5 Å². The van der Waals surface area contributed by atoms with Gasteiger partial charge in [-0.05, 0) is 44.9 Å². The zero-order valence-electron chi connectivity index (χ0n) is 44.0. The number of quaternary nitrogens is 1. The lowest BCUT2D eigenvalue weighted by atomic mass is 10.0. The second kappa shape index (κ2) is 48.0. The second-order valence-corrected chi connectivity index (χ2v) is 22.1. The summed E-state index contributed by atoms with van der Waals surface area (Å²) in [4.78, 5) is 25.4. The molecule has 0 fully saturated rings. The molecule has 0 aromatic heterocycles. The number of aliphatic hydroxyl groups is 1. The molecule has 0 saturated heterocycles. The Morgan fingerprint density at radius 1 is 0.523 bits per heavy atom. The highest BCUT2D eigenvalue weighted by Crippen LogP contribution is 2.38. The van der Waals surface area contributed by atoms with Gasteiger partial charge in [0.15, 0.2) is 0 Å². The molecule has 0 aliphatic carbocycles. The third-order valence-electron chi connectivity index (χ3n) is 12.9. The first kappa shape index (κ1) is 64.0. The molecule has 3 unspecified atom stereocenters. The van der Waals surface area contributed by atoms with Crippen LogP contribution in [0.3, 0.4) is 0 Å². The lowest BCUT2D eigenvalue weighted by Crippen LogP contribution is -2.45. The highest BCUT2D eigenvalue weighted by molar-refractivity contribution is 7.45. The van der Waals surface area contributed by atoms with Crippen molar-refractivity contribution in [3.63, 3.8) is 0 Å². The fourth-order valence-corrected chi connectivity index (χ4v) is 9.17. The largest absolute Gasteiger partial charge is 0.756 e. The summed E-state index contributed by atoms with van der Waals surface area (Å²) in [6.45, 7) is 4.68. The van der Waals surface area contributed by atoms with Crippen molar-refractivity contribution in [2.45, 2.75) is 289 Å². The summed E-state index contributed by atoms with van der Waals surface area (Å²) in [5.41, 5.74) is 0. The number of allylic oxidation sites excluding steroid dienone is 3. The molecule has 0 aliphatic rings. The molecule has 3 atom stereocenters. The normalized spacial score (nSPS) is 14.1. The SMILES string of the molecule is CCCCCCCCCCCCCC/C=C\CCCCCCCCCCCCCCCC(=O)NC(COP(=O)([O-])OCC[N+](C)(C)C)C(O)/C=C/CCCCCCCCCCCCCC. The van der Waals surface area contributed by atoms with Gasteiger partial charge in [-0.2, -0.15) is 0 Å². The van der Waals surface area contributed by atoms with Gasteiger partial charge in [0.25, 0.3) is 7.82 Å². The molecule has 1 amide bonds. The van der Waals surface area contributed by atoms with Gasteiger partial charge in [0.1, 0.15) is 13.2 Å². The number of unbranched alkanes of at least 4 members (excludes halogenated alkanes) is 37. The highest BCUT2D eigenvalue weighted by atomic mass is 31.2. The first-order valence-corrected chi connectivity index (χ1v) is 29.7. The predicted molar refractivity (Wildman–Crippen MR) is 279 cm³/mol. The Morgan fingerprint density at radius 3 is 1.20 bits per heavy atom. The summed E-state index contributed by atoms with van der Waals surface area (Å²) in [6.07, 6.45) is 59.7. The zero-order chi connectivity index (χ0) is 47.8. The Bertz CT molecular complexity index is 1110. The predicted octanol–water partition coefficient (Wildman–Crippen LogP) is 16.2. The van der Waals surface area contributed by atoms with Crippen LogP contribution in [0.5, 0.6) is 0 Å². The smallest absolute Gasteiger partial charge is 0.268 e. The van der Waals surface area contributed by atoms with Crippen molar-refractivity contribution >= 4 is 13.7 Å². The van der Waals surface area contributed by atoms with Gasteiger partial charge < -0.3 is 28.8 Å². The molecule has 9 heteroatoms. The number of aliphatic hydroxyl groups excluding tert-OH is 1. The van der Waals surface area contributed by atoms with Crippen LogP contribution in [0.15, 0.2) is 24.3 Å². The van der Waals surface area contributed by atoms with E-state index in [2.05, 4.69) is 31.3 Å². The van der Waals surface area contributed by atoms with Crippen molar-refractivity contribution < 1.29 is 32.9 Å². The average Bonchev–Trinajstić information content (AvgIpc) is 3.26. The maximum absolute atomic E-state index is 12.9. The maximum atomic E-state index is 12.9. The van der Waals surface area contributed by atoms with Gasteiger partial charge >= 0.3 is 0 Å². The van der Waals surface area contributed by atoms with E-state index in [0.717, 1.165) is 38.5 Å². The van der Waals surface area contributed by atoms with E-state index in [-0.39, 0.29) is 19.1 Å². The molecule has 0 bridgehead atoms.